The lowest BCUT2D eigenvalue weighted by Crippen LogP contribution is -2.29. The number of rotatable bonds is 5. The van der Waals surface area contributed by atoms with E-state index < -0.39 is 0 Å². The van der Waals surface area contributed by atoms with E-state index in [9.17, 15) is 5.11 Å². The van der Waals surface area contributed by atoms with E-state index in [0.717, 1.165) is 25.1 Å². The number of hydrogen-bond acceptors (Lipinski definition) is 2. The van der Waals surface area contributed by atoms with Crippen molar-refractivity contribution < 1.29 is 5.11 Å². The first-order valence-corrected chi connectivity index (χ1v) is 8.67. The van der Waals surface area contributed by atoms with Crippen LogP contribution in [-0.2, 0) is 0 Å². The Morgan fingerprint density at radius 2 is 1.78 bits per heavy atom. The fourth-order valence-electron chi connectivity index (χ4n) is 3.81. The molecule has 3 rings (SSSR count). The van der Waals surface area contributed by atoms with E-state index in [1.807, 2.05) is 30.3 Å². The third kappa shape index (κ3) is 3.82. The van der Waals surface area contributed by atoms with Gasteiger partial charge in [0.25, 0.3) is 0 Å². The third-order valence-corrected chi connectivity index (χ3v) is 5.21. The van der Waals surface area contributed by atoms with Gasteiger partial charge in [0.2, 0.25) is 0 Å². The second kappa shape index (κ2) is 7.29. The van der Waals surface area contributed by atoms with Crippen LogP contribution in [0, 0.1) is 6.92 Å². The topological polar surface area (TPSA) is 23.5 Å². The molecule has 1 saturated heterocycles. The maximum atomic E-state index is 10.4. The first-order chi connectivity index (χ1) is 11.1. The smallest absolute Gasteiger partial charge is 0.0802 e. The number of aliphatic hydroxyl groups is 1. The molecule has 23 heavy (non-hydrogen) atoms. The van der Waals surface area contributed by atoms with Crippen LogP contribution in [0.15, 0.2) is 54.6 Å². The Kier molecular flexibility index (Phi) is 5.14. The summed E-state index contributed by atoms with van der Waals surface area (Å²) >= 11 is 0. The van der Waals surface area contributed by atoms with Crippen molar-refractivity contribution in [3.8, 4) is 0 Å². The SMILES string of the molecule is Cc1ccccc1[C@@H]1C[C@@H](C)N(CC[C@@H](O)c2ccccc2)C1. The van der Waals surface area contributed by atoms with Crippen LogP contribution in [0.25, 0.3) is 0 Å². The van der Waals surface area contributed by atoms with E-state index in [1.165, 1.54) is 17.5 Å². The molecule has 0 amide bonds. The third-order valence-electron chi connectivity index (χ3n) is 5.21. The molecule has 2 aromatic rings. The van der Waals surface area contributed by atoms with Gasteiger partial charge in [0, 0.05) is 19.1 Å². The predicted molar refractivity (Wildman–Crippen MR) is 95.6 cm³/mol. The molecule has 2 heteroatoms. The summed E-state index contributed by atoms with van der Waals surface area (Å²) in [5.41, 5.74) is 3.91. The highest BCUT2D eigenvalue weighted by Gasteiger charge is 2.30. The molecular formula is C21H27NO. The van der Waals surface area contributed by atoms with Gasteiger partial charge in [0.15, 0.2) is 0 Å². The molecule has 1 aliphatic heterocycles. The first-order valence-electron chi connectivity index (χ1n) is 8.67. The summed E-state index contributed by atoms with van der Waals surface area (Å²) in [6, 6.07) is 19.3. The van der Waals surface area contributed by atoms with Crippen LogP contribution < -0.4 is 0 Å². The van der Waals surface area contributed by atoms with Crippen LogP contribution in [0.1, 0.15) is 48.5 Å². The lowest BCUT2D eigenvalue weighted by atomic mass is 9.93. The standard InChI is InChI=1S/C21H27NO/c1-16-8-6-7-11-20(16)19-14-17(2)22(15-19)13-12-21(23)18-9-4-3-5-10-18/h3-11,17,19,21,23H,12-15H2,1-2H3/t17-,19-,21-/m1/s1. The zero-order chi connectivity index (χ0) is 16.2. The minimum Gasteiger partial charge on any atom is -0.388 e. The number of benzene rings is 2. The minimum atomic E-state index is -0.360. The van der Waals surface area contributed by atoms with Gasteiger partial charge in [-0.15, -0.1) is 0 Å². The molecule has 0 saturated carbocycles. The highest BCUT2D eigenvalue weighted by molar-refractivity contribution is 5.30. The monoisotopic (exact) mass is 309 g/mol. The maximum Gasteiger partial charge on any atom is 0.0802 e. The van der Waals surface area contributed by atoms with E-state index in [1.54, 1.807) is 0 Å². The van der Waals surface area contributed by atoms with Gasteiger partial charge >= 0.3 is 0 Å². The number of aryl methyl sites for hydroxylation is 1. The average molecular weight is 309 g/mol. The molecule has 1 N–H and O–H groups in total. The Bertz CT molecular complexity index is 625. The number of hydrogen-bond donors (Lipinski definition) is 1. The van der Waals surface area contributed by atoms with E-state index >= 15 is 0 Å². The fourth-order valence-corrected chi connectivity index (χ4v) is 3.81. The van der Waals surface area contributed by atoms with Crippen molar-refractivity contribution in [3.63, 3.8) is 0 Å². The summed E-state index contributed by atoms with van der Waals surface area (Å²) in [7, 11) is 0. The van der Waals surface area contributed by atoms with Crippen LogP contribution in [0.2, 0.25) is 0 Å². The van der Waals surface area contributed by atoms with Crippen LogP contribution in [-0.4, -0.2) is 29.1 Å². The van der Waals surface area contributed by atoms with E-state index in [0.29, 0.717) is 12.0 Å². The molecule has 1 fully saturated rings. The van der Waals surface area contributed by atoms with Crippen LogP contribution in [0.5, 0.6) is 0 Å². The minimum absolute atomic E-state index is 0.360. The molecule has 0 aliphatic carbocycles. The van der Waals surface area contributed by atoms with Gasteiger partial charge in [-0.25, -0.2) is 0 Å². The number of nitrogens with zero attached hydrogens (tertiary/aromatic N) is 1. The van der Waals surface area contributed by atoms with Crippen molar-refractivity contribution in [2.75, 3.05) is 13.1 Å². The van der Waals surface area contributed by atoms with Crippen molar-refractivity contribution in [2.24, 2.45) is 0 Å². The molecule has 1 aliphatic rings. The highest BCUT2D eigenvalue weighted by atomic mass is 16.3. The predicted octanol–water partition coefficient (Wildman–Crippen LogP) is 4.30. The molecule has 0 aromatic heterocycles. The quantitative estimate of drug-likeness (QED) is 0.890. The summed E-state index contributed by atoms with van der Waals surface area (Å²) < 4.78 is 0. The second-order valence-corrected chi connectivity index (χ2v) is 6.85. The van der Waals surface area contributed by atoms with E-state index in [2.05, 4.69) is 43.0 Å². The molecule has 122 valence electrons. The zero-order valence-electron chi connectivity index (χ0n) is 14.2. The molecule has 3 atom stereocenters. The van der Waals surface area contributed by atoms with Gasteiger partial charge < -0.3 is 5.11 Å². The number of likely N-dealkylation sites (tertiary alicyclic amines) is 1. The van der Waals surface area contributed by atoms with Crippen LogP contribution in [0.3, 0.4) is 0 Å². The average Bonchev–Trinajstić information content (AvgIpc) is 2.94. The van der Waals surface area contributed by atoms with Crippen molar-refractivity contribution in [1.82, 2.24) is 4.90 Å². The summed E-state index contributed by atoms with van der Waals surface area (Å²) in [5, 5.41) is 10.4. The summed E-state index contributed by atoms with van der Waals surface area (Å²) in [4.78, 5) is 2.53. The normalized spacial score (nSPS) is 23.1. The zero-order valence-corrected chi connectivity index (χ0v) is 14.2. The Morgan fingerprint density at radius 3 is 2.52 bits per heavy atom. The fraction of sp³-hybridized carbons (Fsp3) is 0.429. The van der Waals surface area contributed by atoms with Gasteiger partial charge in [-0.2, -0.15) is 0 Å². The molecule has 1 heterocycles. The number of aliphatic hydroxyl groups excluding tert-OH is 1. The Balaban J connectivity index is 1.58. The summed E-state index contributed by atoms with van der Waals surface area (Å²) in [6.07, 6.45) is 1.65. The first kappa shape index (κ1) is 16.2. The molecule has 2 nitrogen and oxygen atoms in total. The van der Waals surface area contributed by atoms with Gasteiger partial charge in [-0.1, -0.05) is 54.6 Å². The molecular weight excluding hydrogens is 282 g/mol. The summed E-state index contributed by atoms with van der Waals surface area (Å²) in [5.74, 6) is 0.625. The lowest BCUT2D eigenvalue weighted by Gasteiger charge is -2.22. The summed E-state index contributed by atoms with van der Waals surface area (Å²) in [6.45, 7) is 6.59. The Labute approximate surface area is 139 Å². The second-order valence-electron chi connectivity index (χ2n) is 6.85. The van der Waals surface area contributed by atoms with Gasteiger partial charge in [-0.3, -0.25) is 4.90 Å². The van der Waals surface area contributed by atoms with Gasteiger partial charge in [0.05, 0.1) is 6.10 Å². The van der Waals surface area contributed by atoms with Crippen LogP contribution >= 0.6 is 0 Å². The molecule has 0 spiro atoms. The molecule has 2 aromatic carbocycles. The largest absolute Gasteiger partial charge is 0.388 e. The van der Waals surface area contributed by atoms with Gasteiger partial charge in [0.1, 0.15) is 0 Å². The van der Waals surface area contributed by atoms with Gasteiger partial charge in [-0.05, 0) is 49.3 Å². The molecule has 0 bridgehead atoms. The van der Waals surface area contributed by atoms with Crippen molar-refractivity contribution >= 4 is 0 Å². The van der Waals surface area contributed by atoms with Crippen molar-refractivity contribution in [2.45, 2.75) is 44.8 Å². The molecule has 0 unspecified atom stereocenters. The van der Waals surface area contributed by atoms with E-state index in [-0.39, 0.29) is 6.10 Å². The Hall–Kier alpha value is -1.64. The lowest BCUT2D eigenvalue weighted by molar-refractivity contribution is 0.140. The van der Waals surface area contributed by atoms with Crippen molar-refractivity contribution in [3.05, 3.63) is 71.3 Å². The van der Waals surface area contributed by atoms with Crippen LogP contribution in [0.4, 0.5) is 0 Å². The Morgan fingerprint density at radius 1 is 1.09 bits per heavy atom. The maximum absolute atomic E-state index is 10.4. The molecule has 0 radical (unpaired) electrons. The van der Waals surface area contributed by atoms with Crippen molar-refractivity contribution in [1.29, 1.82) is 0 Å². The highest BCUT2D eigenvalue weighted by Crippen LogP contribution is 2.33. The van der Waals surface area contributed by atoms with E-state index in [4.69, 9.17) is 0 Å².